The summed E-state index contributed by atoms with van der Waals surface area (Å²) in [4.78, 5) is -0.154. The first-order valence-corrected chi connectivity index (χ1v) is 8.08. The number of halogens is 3. The van der Waals surface area contributed by atoms with Crippen molar-refractivity contribution in [1.82, 2.24) is 4.31 Å². The Hall–Kier alpha value is -0.470. The van der Waals surface area contributed by atoms with Crippen molar-refractivity contribution in [1.29, 1.82) is 0 Å². The van der Waals surface area contributed by atoms with Crippen LogP contribution in [-0.2, 0) is 10.0 Å². The van der Waals surface area contributed by atoms with E-state index in [-0.39, 0.29) is 27.4 Å². The predicted molar refractivity (Wildman–Crippen MR) is 82.2 cm³/mol. The van der Waals surface area contributed by atoms with Gasteiger partial charge in [-0.05, 0) is 12.1 Å². The third-order valence-electron chi connectivity index (χ3n) is 2.70. The molecule has 0 saturated heterocycles. The molecule has 0 heterocycles. The lowest BCUT2D eigenvalue weighted by Gasteiger charge is -2.21. The molecule has 1 rings (SSSR count). The smallest absolute Gasteiger partial charge is 0.244 e. The second kappa shape index (κ2) is 6.53. The van der Waals surface area contributed by atoms with Gasteiger partial charge in [0.2, 0.25) is 10.0 Å². The van der Waals surface area contributed by atoms with Gasteiger partial charge in [0, 0.05) is 19.5 Å². The largest absolute Gasteiger partial charge is 0.393 e. The van der Waals surface area contributed by atoms with Gasteiger partial charge >= 0.3 is 0 Å². The van der Waals surface area contributed by atoms with Crippen molar-refractivity contribution in [3.8, 4) is 0 Å². The molecule has 112 valence electrons. The Labute approximate surface area is 132 Å². The molecule has 0 saturated carbocycles. The van der Waals surface area contributed by atoms with Crippen molar-refractivity contribution in [3.63, 3.8) is 0 Å². The van der Waals surface area contributed by atoms with Gasteiger partial charge < -0.3 is 5.73 Å². The summed E-state index contributed by atoms with van der Waals surface area (Å²) in [5, 5.41) is -0.777. The Morgan fingerprint density at radius 2 is 2.05 bits per heavy atom. The van der Waals surface area contributed by atoms with Crippen molar-refractivity contribution >= 4 is 50.4 Å². The number of hydrogen-bond acceptors (Lipinski definition) is 3. The van der Waals surface area contributed by atoms with E-state index in [1.807, 2.05) is 0 Å². The van der Waals surface area contributed by atoms with Gasteiger partial charge in [0.15, 0.2) is 5.82 Å². The molecule has 1 atom stereocenters. The minimum atomic E-state index is -3.95. The maximum atomic E-state index is 13.6. The standard InChI is InChI=1S/C11H13Cl2FN2O2S2/c1-6(11(15)19)5-16(2)20(17,18)8-4-3-7(12)10(14)9(8)13/h3-4,6H,5H2,1-2H3,(H2,15,19). The molecule has 0 bridgehead atoms. The molecule has 0 aliphatic rings. The second-order valence-corrected chi connectivity index (χ2v) is 7.53. The van der Waals surface area contributed by atoms with E-state index in [9.17, 15) is 12.8 Å². The molecule has 0 amide bonds. The monoisotopic (exact) mass is 358 g/mol. The number of nitrogens with two attached hydrogens (primary N) is 1. The van der Waals surface area contributed by atoms with Crippen LogP contribution in [0.15, 0.2) is 17.0 Å². The molecular weight excluding hydrogens is 346 g/mol. The first kappa shape index (κ1) is 17.6. The lowest BCUT2D eigenvalue weighted by Crippen LogP contribution is -2.35. The summed E-state index contributed by atoms with van der Waals surface area (Å²) in [6, 6.07) is 2.30. The molecule has 4 nitrogen and oxygen atoms in total. The normalized spacial score (nSPS) is 13.5. The molecule has 0 fully saturated rings. The molecule has 0 aliphatic heterocycles. The third-order valence-corrected chi connectivity index (χ3v) is 5.75. The van der Waals surface area contributed by atoms with Crippen LogP contribution < -0.4 is 5.73 Å². The van der Waals surface area contributed by atoms with Gasteiger partial charge in [-0.1, -0.05) is 42.3 Å². The van der Waals surface area contributed by atoms with Crippen LogP contribution in [0.2, 0.25) is 10.0 Å². The van der Waals surface area contributed by atoms with Crippen molar-refractivity contribution in [2.24, 2.45) is 11.7 Å². The van der Waals surface area contributed by atoms with Crippen molar-refractivity contribution in [2.75, 3.05) is 13.6 Å². The van der Waals surface area contributed by atoms with Gasteiger partial charge in [-0.15, -0.1) is 0 Å². The highest BCUT2D eigenvalue weighted by atomic mass is 35.5. The summed E-state index contributed by atoms with van der Waals surface area (Å²) >= 11 is 16.0. The second-order valence-electron chi connectivity index (χ2n) is 4.26. The number of rotatable bonds is 5. The van der Waals surface area contributed by atoms with Gasteiger partial charge in [0.25, 0.3) is 0 Å². The zero-order valence-electron chi connectivity index (χ0n) is 10.7. The fourth-order valence-electron chi connectivity index (χ4n) is 1.45. The van der Waals surface area contributed by atoms with Gasteiger partial charge in [-0.2, -0.15) is 0 Å². The van der Waals surface area contributed by atoms with Crippen molar-refractivity contribution < 1.29 is 12.8 Å². The van der Waals surface area contributed by atoms with E-state index < -0.39 is 20.9 Å². The number of benzene rings is 1. The molecule has 0 radical (unpaired) electrons. The molecule has 1 unspecified atom stereocenters. The van der Waals surface area contributed by atoms with Gasteiger partial charge in [0.1, 0.15) is 4.90 Å². The van der Waals surface area contributed by atoms with E-state index in [0.717, 1.165) is 16.4 Å². The first-order chi connectivity index (χ1) is 9.09. The molecule has 2 N–H and O–H groups in total. The lowest BCUT2D eigenvalue weighted by molar-refractivity contribution is 0.445. The minimum Gasteiger partial charge on any atom is -0.393 e. The van der Waals surface area contributed by atoms with Crippen LogP contribution >= 0.6 is 35.4 Å². The molecule has 20 heavy (non-hydrogen) atoms. The van der Waals surface area contributed by atoms with E-state index in [2.05, 4.69) is 0 Å². The summed E-state index contributed by atoms with van der Waals surface area (Å²) in [5.74, 6) is -1.29. The Bertz CT molecular complexity index is 638. The van der Waals surface area contributed by atoms with Crippen molar-refractivity contribution in [2.45, 2.75) is 11.8 Å². The maximum absolute atomic E-state index is 13.6. The van der Waals surface area contributed by atoms with E-state index in [0.29, 0.717) is 0 Å². The number of sulfonamides is 1. The first-order valence-electron chi connectivity index (χ1n) is 5.48. The summed E-state index contributed by atoms with van der Waals surface area (Å²) < 4.78 is 39.3. The van der Waals surface area contributed by atoms with E-state index in [1.165, 1.54) is 7.05 Å². The molecule has 1 aromatic carbocycles. The van der Waals surface area contributed by atoms with Crippen LogP contribution in [0.3, 0.4) is 0 Å². The molecule has 0 aliphatic carbocycles. The summed E-state index contributed by atoms with van der Waals surface area (Å²) in [5.41, 5.74) is 5.45. The Kier molecular flexibility index (Phi) is 5.74. The van der Waals surface area contributed by atoms with Crippen LogP contribution in [0.1, 0.15) is 6.92 Å². The summed E-state index contributed by atoms with van der Waals surface area (Å²) in [6.07, 6.45) is 0. The lowest BCUT2D eigenvalue weighted by atomic mass is 10.2. The minimum absolute atomic E-state index is 0.0677. The highest BCUT2D eigenvalue weighted by molar-refractivity contribution is 7.89. The number of thiocarbonyl (C=S) groups is 1. The van der Waals surface area contributed by atoms with Crippen molar-refractivity contribution in [3.05, 3.63) is 28.0 Å². The predicted octanol–water partition coefficient (Wildman–Crippen LogP) is 2.68. The van der Waals surface area contributed by atoms with Crippen LogP contribution in [-0.4, -0.2) is 31.3 Å². The van der Waals surface area contributed by atoms with Crippen LogP contribution in [0.5, 0.6) is 0 Å². The number of nitrogens with zero attached hydrogens (tertiary/aromatic N) is 1. The quantitative estimate of drug-likeness (QED) is 0.649. The van der Waals surface area contributed by atoms with Gasteiger partial charge in [0.05, 0.1) is 15.0 Å². The maximum Gasteiger partial charge on any atom is 0.244 e. The molecule has 1 aromatic rings. The Morgan fingerprint density at radius 3 is 2.55 bits per heavy atom. The molecule has 0 spiro atoms. The van der Waals surface area contributed by atoms with Gasteiger partial charge in [-0.3, -0.25) is 0 Å². The highest BCUT2D eigenvalue weighted by Gasteiger charge is 2.27. The SMILES string of the molecule is CC(CN(C)S(=O)(=O)c1ccc(Cl)c(F)c1Cl)C(N)=S. The Balaban J connectivity index is 3.18. The average molecular weight is 359 g/mol. The molecular formula is C11H13Cl2FN2O2S2. The zero-order chi connectivity index (χ0) is 15.7. The number of hydrogen-bond donors (Lipinski definition) is 1. The topological polar surface area (TPSA) is 63.4 Å². The fourth-order valence-corrected chi connectivity index (χ4v) is 3.50. The molecule has 0 aromatic heterocycles. The third kappa shape index (κ3) is 3.59. The highest BCUT2D eigenvalue weighted by Crippen LogP contribution is 2.31. The zero-order valence-corrected chi connectivity index (χ0v) is 13.9. The average Bonchev–Trinajstić information content (AvgIpc) is 2.35. The Morgan fingerprint density at radius 1 is 1.50 bits per heavy atom. The van der Waals surface area contributed by atoms with E-state index >= 15 is 0 Å². The summed E-state index contributed by atoms with van der Waals surface area (Å²) in [6.45, 7) is 1.76. The fraction of sp³-hybridized carbons (Fsp3) is 0.364. The molecule has 9 heteroatoms. The van der Waals surface area contributed by atoms with Crippen LogP contribution in [0, 0.1) is 11.7 Å². The van der Waals surface area contributed by atoms with Crippen LogP contribution in [0.4, 0.5) is 4.39 Å². The van der Waals surface area contributed by atoms with Gasteiger partial charge in [-0.25, -0.2) is 17.1 Å². The summed E-state index contributed by atoms with van der Waals surface area (Å²) in [7, 11) is -2.61. The van der Waals surface area contributed by atoms with E-state index in [4.69, 9.17) is 41.2 Å². The van der Waals surface area contributed by atoms with Crippen LogP contribution in [0.25, 0.3) is 0 Å². The van der Waals surface area contributed by atoms with E-state index in [1.54, 1.807) is 6.92 Å².